The highest BCUT2D eigenvalue weighted by Gasteiger charge is 2.28. The van der Waals surface area contributed by atoms with E-state index in [2.05, 4.69) is 70.4 Å². The van der Waals surface area contributed by atoms with Gasteiger partial charge in [0.2, 0.25) is 0 Å². The van der Waals surface area contributed by atoms with Gasteiger partial charge in [0.15, 0.2) is 5.82 Å². The molecule has 0 aromatic carbocycles. The topological polar surface area (TPSA) is 69.7 Å². The number of hydrogen-bond donors (Lipinski definition) is 2. The van der Waals surface area contributed by atoms with E-state index in [1.54, 1.807) is 0 Å². The van der Waals surface area contributed by atoms with Crippen LogP contribution in [0.4, 0.5) is 5.82 Å². The van der Waals surface area contributed by atoms with Crippen molar-refractivity contribution in [2.75, 3.05) is 24.5 Å². The largest absolute Gasteiger partial charge is 0.354 e. The average molecular weight is 314 g/mol. The summed E-state index contributed by atoms with van der Waals surface area (Å²) >= 11 is 0. The average Bonchev–Trinajstić information content (AvgIpc) is 2.86. The van der Waals surface area contributed by atoms with E-state index in [-0.39, 0.29) is 5.41 Å². The van der Waals surface area contributed by atoms with Gasteiger partial charge in [0.05, 0.1) is 11.9 Å². The van der Waals surface area contributed by atoms with E-state index in [9.17, 15) is 0 Å². The quantitative estimate of drug-likeness (QED) is 0.884. The monoisotopic (exact) mass is 314 g/mol. The summed E-state index contributed by atoms with van der Waals surface area (Å²) in [5.41, 5.74) is 3.47. The molecule has 0 saturated carbocycles. The van der Waals surface area contributed by atoms with Gasteiger partial charge >= 0.3 is 0 Å². The smallest absolute Gasteiger partial charge is 0.151 e. The van der Waals surface area contributed by atoms with Crippen molar-refractivity contribution in [1.29, 1.82) is 0 Å². The van der Waals surface area contributed by atoms with Gasteiger partial charge in [-0.05, 0) is 19.1 Å². The predicted molar refractivity (Wildman–Crippen MR) is 91.5 cm³/mol. The Hall–Kier alpha value is -1.95. The summed E-state index contributed by atoms with van der Waals surface area (Å²) in [6.45, 7) is 12.5. The molecule has 2 N–H and O–H groups in total. The molecule has 1 aliphatic heterocycles. The number of aromatic amines is 1. The van der Waals surface area contributed by atoms with E-state index in [4.69, 9.17) is 0 Å². The van der Waals surface area contributed by atoms with Crippen molar-refractivity contribution in [3.8, 4) is 0 Å². The van der Waals surface area contributed by atoms with E-state index < -0.39 is 0 Å². The van der Waals surface area contributed by atoms with Crippen LogP contribution in [-0.2, 0) is 12.0 Å². The Morgan fingerprint density at radius 3 is 2.61 bits per heavy atom. The van der Waals surface area contributed by atoms with Crippen molar-refractivity contribution >= 4 is 5.82 Å². The summed E-state index contributed by atoms with van der Waals surface area (Å²) in [5.74, 6) is 1.66. The Balaban J connectivity index is 1.43. The third kappa shape index (κ3) is 3.69. The van der Waals surface area contributed by atoms with Gasteiger partial charge in [-0.1, -0.05) is 20.8 Å². The lowest BCUT2D eigenvalue weighted by Gasteiger charge is -2.40. The molecule has 6 nitrogen and oxygen atoms in total. The fraction of sp³-hybridized carbons (Fsp3) is 0.588. The Morgan fingerprint density at radius 1 is 1.26 bits per heavy atom. The molecule has 6 heteroatoms. The molecule has 0 bridgehead atoms. The van der Waals surface area contributed by atoms with Crippen LogP contribution in [0, 0.1) is 12.8 Å². The highest BCUT2D eigenvalue weighted by atomic mass is 15.3. The maximum atomic E-state index is 4.38. The van der Waals surface area contributed by atoms with Gasteiger partial charge in [-0.2, -0.15) is 10.2 Å². The van der Waals surface area contributed by atoms with E-state index in [1.807, 2.05) is 6.20 Å². The first-order chi connectivity index (χ1) is 10.9. The second-order valence-corrected chi connectivity index (χ2v) is 7.45. The van der Waals surface area contributed by atoms with E-state index in [1.165, 1.54) is 5.56 Å². The van der Waals surface area contributed by atoms with E-state index >= 15 is 0 Å². The lowest BCUT2D eigenvalue weighted by molar-refractivity contribution is 0.381. The van der Waals surface area contributed by atoms with Gasteiger partial charge < -0.3 is 10.2 Å². The van der Waals surface area contributed by atoms with Crippen LogP contribution in [0.3, 0.4) is 0 Å². The number of nitrogens with one attached hydrogen (secondary N) is 2. The molecule has 124 valence electrons. The number of hydrogen-bond acceptors (Lipinski definition) is 5. The molecule has 3 rings (SSSR count). The van der Waals surface area contributed by atoms with Gasteiger partial charge in [-0.25, -0.2) is 0 Å². The zero-order valence-electron chi connectivity index (χ0n) is 14.4. The minimum Gasteiger partial charge on any atom is -0.354 e. The molecule has 0 amide bonds. The fourth-order valence-corrected chi connectivity index (χ4v) is 2.74. The third-order valence-electron chi connectivity index (χ3n) is 4.38. The molecule has 0 radical (unpaired) electrons. The van der Waals surface area contributed by atoms with Gasteiger partial charge in [-0.3, -0.25) is 5.10 Å². The van der Waals surface area contributed by atoms with E-state index in [0.29, 0.717) is 5.92 Å². The summed E-state index contributed by atoms with van der Waals surface area (Å²) in [6, 6.07) is 4.18. The standard InChI is InChI=1S/C17H26N6/c1-12-14(9-19-20-12)8-18-7-13-10-23(11-13)16-6-5-15(21-22-16)17(2,3)4/h5-6,9,13,18H,7-8,10-11H2,1-4H3,(H,19,20). The van der Waals surface area contributed by atoms with Crippen LogP contribution in [-0.4, -0.2) is 40.0 Å². The fourth-order valence-electron chi connectivity index (χ4n) is 2.74. The lowest BCUT2D eigenvalue weighted by Crippen LogP contribution is -2.51. The lowest BCUT2D eigenvalue weighted by atomic mass is 9.92. The Bertz CT molecular complexity index is 634. The van der Waals surface area contributed by atoms with Crippen molar-refractivity contribution < 1.29 is 0 Å². The number of anilines is 1. The number of H-pyrrole nitrogens is 1. The summed E-state index contributed by atoms with van der Waals surface area (Å²) < 4.78 is 0. The molecule has 1 saturated heterocycles. The van der Waals surface area contributed by atoms with Crippen LogP contribution in [0.2, 0.25) is 0 Å². The number of aromatic nitrogens is 4. The van der Waals surface area contributed by atoms with Crippen LogP contribution in [0.5, 0.6) is 0 Å². The van der Waals surface area contributed by atoms with Gasteiger partial charge in [0.1, 0.15) is 0 Å². The third-order valence-corrected chi connectivity index (χ3v) is 4.38. The van der Waals surface area contributed by atoms with Crippen LogP contribution < -0.4 is 10.2 Å². The Kier molecular flexibility index (Phi) is 4.35. The predicted octanol–water partition coefficient (Wildman–Crippen LogP) is 2.03. The molecule has 1 fully saturated rings. The second kappa shape index (κ2) is 6.28. The molecule has 1 aliphatic rings. The second-order valence-electron chi connectivity index (χ2n) is 7.45. The maximum absolute atomic E-state index is 4.38. The molecular formula is C17H26N6. The first kappa shape index (κ1) is 15.9. The zero-order chi connectivity index (χ0) is 16.4. The highest BCUT2D eigenvalue weighted by molar-refractivity contribution is 5.41. The molecule has 23 heavy (non-hydrogen) atoms. The summed E-state index contributed by atoms with van der Waals surface area (Å²) in [4.78, 5) is 2.29. The van der Waals surface area contributed by atoms with Crippen molar-refractivity contribution in [2.24, 2.45) is 5.92 Å². The Morgan fingerprint density at radius 2 is 2.04 bits per heavy atom. The normalized spacial score (nSPS) is 15.7. The van der Waals surface area contributed by atoms with Crippen LogP contribution in [0.25, 0.3) is 0 Å². The van der Waals surface area contributed by atoms with E-state index in [0.717, 1.165) is 43.4 Å². The number of rotatable bonds is 5. The Labute approximate surface area is 137 Å². The summed E-state index contributed by atoms with van der Waals surface area (Å²) in [7, 11) is 0. The molecular weight excluding hydrogens is 288 g/mol. The molecule has 2 aromatic heterocycles. The first-order valence-corrected chi connectivity index (χ1v) is 8.22. The summed E-state index contributed by atoms with van der Waals surface area (Å²) in [5, 5.41) is 19.3. The van der Waals surface area contributed by atoms with Crippen molar-refractivity contribution in [3.63, 3.8) is 0 Å². The molecule has 0 aliphatic carbocycles. The molecule has 3 heterocycles. The SMILES string of the molecule is Cc1[nH]ncc1CNCC1CN(c2ccc(C(C)(C)C)nn2)C1. The van der Waals surface area contributed by atoms with Crippen LogP contribution >= 0.6 is 0 Å². The maximum Gasteiger partial charge on any atom is 0.151 e. The molecule has 2 aromatic rings. The summed E-state index contributed by atoms with van der Waals surface area (Å²) in [6.07, 6.45) is 1.89. The van der Waals surface area contributed by atoms with Crippen LogP contribution in [0.15, 0.2) is 18.3 Å². The van der Waals surface area contributed by atoms with Gasteiger partial charge in [0, 0.05) is 48.8 Å². The minimum absolute atomic E-state index is 0.0537. The van der Waals surface area contributed by atoms with Gasteiger partial charge in [0.25, 0.3) is 0 Å². The highest BCUT2D eigenvalue weighted by Crippen LogP contribution is 2.24. The molecule has 0 unspecified atom stereocenters. The van der Waals surface area contributed by atoms with Crippen molar-refractivity contribution in [3.05, 3.63) is 35.3 Å². The molecule has 0 atom stereocenters. The first-order valence-electron chi connectivity index (χ1n) is 8.22. The van der Waals surface area contributed by atoms with Crippen molar-refractivity contribution in [2.45, 2.75) is 39.7 Å². The molecule has 0 spiro atoms. The van der Waals surface area contributed by atoms with Crippen LogP contribution in [0.1, 0.15) is 37.7 Å². The minimum atomic E-state index is 0.0537. The van der Waals surface area contributed by atoms with Gasteiger partial charge in [-0.15, -0.1) is 5.10 Å². The zero-order valence-corrected chi connectivity index (χ0v) is 14.4. The number of nitrogens with zero attached hydrogens (tertiary/aromatic N) is 4. The van der Waals surface area contributed by atoms with Crippen molar-refractivity contribution in [1.82, 2.24) is 25.7 Å². The number of aryl methyl sites for hydroxylation is 1.